The maximum absolute atomic E-state index is 6.14. The second-order valence-corrected chi connectivity index (χ2v) is 7.93. The molecule has 2 rings (SSSR count). The van der Waals surface area contributed by atoms with Gasteiger partial charge in [0.1, 0.15) is 0 Å². The average molecular weight is 487 g/mol. The molecule has 1 heterocycles. The van der Waals surface area contributed by atoms with Crippen LogP contribution in [0.2, 0.25) is 0 Å². The minimum absolute atomic E-state index is 0. The van der Waals surface area contributed by atoms with Crippen LogP contribution in [0.15, 0.2) is 29.3 Å². The summed E-state index contributed by atoms with van der Waals surface area (Å²) in [7, 11) is 2.19. The highest BCUT2D eigenvalue weighted by atomic mass is 127. The molecule has 1 aliphatic heterocycles. The van der Waals surface area contributed by atoms with Gasteiger partial charge < -0.3 is 16.0 Å². The molecule has 0 bridgehead atoms. The van der Waals surface area contributed by atoms with E-state index in [0.29, 0.717) is 23.8 Å². The summed E-state index contributed by atoms with van der Waals surface area (Å²) in [6.07, 6.45) is 1.15. The SMILES string of the molecule is CCC(C)c1ccc(NC(N)=NCC(C(C)C)N2CCN(C)CC2)cc1.I. The van der Waals surface area contributed by atoms with Gasteiger partial charge in [-0.25, -0.2) is 0 Å². The molecule has 27 heavy (non-hydrogen) atoms. The van der Waals surface area contributed by atoms with Crippen LogP contribution < -0.4 is 11.1 Å². The van der Waals surface area contributed by atoms with E-state index in [2.05, 4.69) is 79.1 Å². The fourth-order valence-corrected chi connectivity index (χ4v) is 3.41. The van der Waals surface area contributed by atoms with Crippen molar-refractivity contribution in [1.29, 1.82) is 0 Å². The van der Waals surface area contributed by atoms with Gasteiger partial charge in [-0.15, -0.1) is 24.0 Å². The summed E-state index contributed by atoms with van der Waals surface area (Å²) in [6, 6.07) is 8.96. The lowest BCUT2D eigenvalue weighted by Crippen LogP contribution is -2.51. The Balaban J connectivity index is 0.00000364. The van der Waals surface area contributed by atoms with E-state index in [1.54, 1.807) is 0 Å². The van der Waals surface area contributed by atoms with Crippen LogP contribution in [0.4, 0.5) is 5.69 Å². The Morgan fingerprint density at radius 1 is 1.11 bits per heavy atom. The number of nitrogens with zero attached hydrogens (tertiary/aromatic N) is 3. The molecule has 1 aliphatic rings. The van der Waals surface area contributed by atoms with Gasteiger partial charge in [0.05, 0.1) is 6.54 Å². The van der Waals surface area contributed by atoms with Gasteiger partial charge in [-0.2, -0.15) is 0 Å². The monoisotopic (exact) mass is 487 g/mol. The minimum atomic E-state index is 0. The number of benzene rings is 1. The Hall–Kier alpha value is -0.860. The molecule has 154 valence electrons. The molecule has 1 fully saturated rings. The first kappa shape index (κ1) is 24.2. The van der Waals surface area contributed by atoms with Gasteiger partial charge in [-0.1, -0.05) is 39.8 Å². The molecule has 2 atom stereocenters. The molecule has 0 radical (unpaired) electrons. The van der Waals surface area contributed by atoms with Crippen LogP contribution in [-0.2, 0) is 0 Å². The molecule has 1 saturated heterocycles. The third-order valence-corrected chi connectivity index (χ3v) is 5.59. The first-order chi connectivity index (χ1) is 12.4. The summed E-state index contributed by atoms with van der Waals surface area (Å²) < 4.78 is 0. The van der Waals surface area contributed by atoms with Crippen molar-refractivity contribution < 1.29 is 0 Å². The van der Waals surface area contributed by atoms with Crippen molar-refractivity contribution in [3.63, 3.8) is 0 Å². The first-order valence-corrected chi connectivity index (χ1v) is 10.00. The van der Waals surface area contributed by atoms with Crippen molar-refractivity contribution in [2.24, 2.45) is 16.6 Å². The van der Waals surface area contributed by atoms with Crippen LogP contribution in [0.25, 0.3) is 0 Å². The Morgan fingerprint density at radius 3 is 2.22 bits per heavy atom. The van der Waals surface area contributed by atoms with Gasteiger partial charge in [0, 0.05) is 37.9 Å². The van der Waals surface area contributed by atoms with E-state index < -0.39 is 0 Å². The van der Waals surface area contributed by atoms with Gasteiger partial charge in [-0.05, 0) is 43.0 Å². The van der Waals surface area contributed by atoms with Crippen LogP contribution in [0.3, 0.4) is 0 Å². The zero-order chi connectivity index (χ0) is 19.1. The molecular weight excluding hydrogens is 449 g/mol. The number of anilines is 1. The quantitative estimate of drug-likeness (QED) is 0.349. The van der Waals surface area contributed by atoms with E-state index in [1.165, 1.54) is 5.56 Å². The van der Waals surface area contributed by atoms with E-state index >= 15 is 0 Å². The normalized spacial score (nSPS) is 18.8. The average Bonchev–Trinajstić information content (AvgIpc) is 2.63. The fraction of sp³-hybridized carbons (Fsp3) is 0.667. The van der Waals surface area contributed by atoms with Crippen molar-refractivity contribution in [1.82, 2.24) is 9.80 Å². The molecule has 6 heteroatoms. The number of hydrogen-bond acceptors (Lipinski definition) is 3. The van der Waals surface area contributed by atoms with E-state index in [1.807, 2.05) is 0 Å². The van der Waals surface area contributed by atoms with Crippen molar-refractivity contribution in [2.45, 2.75) is 46.1 Å². The summed E-state index contributed by atoms with van der Waals surface area (Å²) >= 11 is 0. The minimum Gasteiger partial charge on any atom is -0.370 e. The fourth-order valence-electron chi connectivity index (χ4n) is 3.41. The second kappa shape index (κ2) is 11.9. The number of rotatable bonds is 7. The standard InChI is InChI=1S/C21H37N5.HI/c1-6-17(4)18-7-9-19(10-8-18)24-21(22)23-15-20(16(2)3)26-13-11-25(5)12-14-26;/h7-10,16-17,20H,6,11-15H2,1-5H3,(H3,22,23,24);1H. The van der Waals surface area contributed by atoms with E-state index in [0.717, 1.165) is 44.8 Å². The largest absolute Gasteiger partial charge is 0.370 e. The highest BCUT2D eigenvalue weighted by Crippen LogP contribution is 2.20. The predicted octanol–water partition coefficient (Wildman–Crippen LogP) is 3.82. The van der Waals surface area contributed by atoms with Gasteiger partial charge >= 0.3 is 0 Å². The molecule has 3 N–H and O–H groups in total. The lowest BCUT2D eigenvalue weighted by atomic mass is 9.99. The van der Waals surface area contributed by atoms with Gasteiger partial charge in [0.15, 0.2) is 5.96 Å². The topological polar surface area (TPSA) is 56.9 Å². The number of piperazine rings is 1. The maximum atomic E-state index is 6.14. The summed E-state index contributed by atoms with van der Waals surface area (Å²) in [5, 5.41) is 3.23. The van der Waals surface area contributed by atoms with E-state index in [-0.39, 0.29) is 24.0 Å². The smallest absolute Gasteiger partial charge is 0.193 e. The molecule has 0 amide bonds. The maximum Gasteiger partial charge on any atom is 0.193 e. The van der Waals surface area contributed by atoms with Crippen molar-refractivity contribution in [2.75, 3.05) is 45.1 Å². The Morgan fingerprint density at radius 2 is 1.70 bits per heavy atom. The van der Waals surface area contributed by atoms with Gasteiger partial charge in [0.2, 0.25) is 0 Å². The zero-order valence-corrected chi connectivity index (χ0v) is 19.9. The van der Waals surface area contributed by atoms with Gasteiger partial charge in [0.25, 0.3) is 0 Å². The van der Waals surface area contributed by atoms with Crippen molar-refractivity contribution in [3.8, 4) is 0 Å². The molecule has 5 nitrogen and oxygen atoms in total. The number of halogens is 1. The third kappa shape index (κ3) is 7.58. The van der Waals surface area contributed by atoms with Crippen molar-refractivity contribution >= 4 is 35.6 Å². The van der Waals surface area contributed by atoms with E-state index in [9.17, 15) is 0 Å². The van der Waals surface area contributed by atoms with Crippen LogP contribution >= 0.6 is 24.0 Å². The summed E-state index contributed by atoms with van der Waals surface area (Å²) in [5.41, 5.74) is 8.51. The summed E-state index contributed by atoms with van der Waals surface area (Å²) in [5.74, 6) is 1.65. The summed E-state index contributed by atoms with van der Waals surface area (Å²) in [6.45, 7) is 14.2. The molecule has 0 aliphatic carbocycles. The third-order valence-electron chi connectivity index (χ3n) is 5.59. The zero-order valence-electron chi connectivity index (χ0n) is 17.6. The second-order valence-electron chi connectivity index (χ2n) is 7.93. The summed E-state index contributed by atoms with van der Waals surface area (Å²) in [4.78, 5) is 9.58. The Labute approximate surface area is 182 Å². The lowest BCUT2D eigenvalue weighted by Gasteiger charge is -2.39. The highest BCUT2D eigenvalue weighted by molar-refractivity contribution is 14.0. The molecular formula is C21H38IN5. The highest BCUT2D eigenvalue weighted by Gasteiger charge is 2.24. The first-order valence-electron chi connectivity index (χ1n) is 10.00. The lowest BCUT2D eigenvalue weighted by molar-refractivity contribution is 0.0926. The molecule has 2 unspecified atom stereocenters. The van der Waals surface area contributed by atoms with Gasteiger partial charge in [-0.3, -0.25) is 9.89 Å². The predicted molar refractivity (Wildman–Crippen MR) is 128 cm³/mol. The van der Waals surface area contributed by atoms with E-state index in [4.69, 9.17) is 5.73 Å². The van der Waals surface area contributed by atoms with Crippen LogP contribution in [-0.4, -0.2) is 61.6 Å². The van der Waals surface area contributed by atoms with Crippen molar-refractivity contribution in [3.05, 3.63) is 29.8 Å². The number of aliphatic imine (C=N–C) groups is 1. The molecule has 1 aromatic carbocycles. The number of nitrogens with two attached hydrogens (primary N) is 1. The Bertz CT molecular complexity index is 564. The number of guanidine groups is 1. The van der Waals surface area contributed by atoms with Crippen LogP contribution in [0.1, 0.15) is 45.6 Å². The molecule has 1 aromatic rings. The number of likely N-dealkylation sites (N-methyl/N-ethyl adjacent to an activating group) is 1. The molecule has 0 spiro atoms. The number of nitrogens with one attached hydrogen (secondary N) is 1. The Kier molecular flexibility index (Phi) is 10.6. The molecule has 0 aromatic heterocycles. The van der Waals surface area contributed by atoms with Crippen LogP contribution in [0, 0.1) is 5.92 Å². The number of hydrogen-bond donors (Lipinski definition) is 2. The van der Waals surface area contributed by atoms with Crippen LogP contribution in [0.5, 0.6) is 0 Å². The molecule has 0 saturated carbocycles.